The summed E-state index contributed by atoms with van der Waals surface area (Å²) >= 11 is 0. The van der Waals surface area contributed by atoms with Crippen molar-refractivity contribution in [2.75, 3.05) is 0 Å². The van der Waals surface area contributed by atoms with Crippen molar-refractivity contribution in [3.05, 3.63) is 41.5 Å². The minimum atomic E-state index is -1.36. The number of halogens is 3. The Labute approximate surface area is 98.5 Å². The fourth-order valence-corrected chi connectivity index (χ4v) is 1.36. The van der Waals surface area contributed by atoms with E-state index in [0.29, 0.717) is 6.07 Å². The molecule has 2 rings (SSSR count). The second kappa shape index (κ2) is 4.47. The molecule has 0 radical (unpaired) electrons. The average molecular weight is 257 g/mol. The molecule has 18 heavy (non-hydrogen) atoms. The van der Waals surface area contributed by atoms with Gasteiger partial charge in [-0.1, -0.05) is 5.21 Å². The fraction of sp³-hybridized carbons (Fsp3) is 0.100. The Morgan fingerprint density at radius 3 is 2.72 bits per heavy atom. The molecule has 0 fully saturated rings. The van der Waals surface area contributed by atoms with Gasteiger partial charge in [-0.3, -0.25) is 4.79 Å². The number of hydrogen-bond acceptors (Lipinski definition) is 3. The maximum Gasteiger partial charge on any atom is 0.309 e. The summed E-state index contributed by atoms with van der Waals surface area (Å²) in [6, 6.07) is 1.13. The summed E-state index contributed by atoms with van der Waals surface area (Å²) in [5, 5.41) is 15.4. The van der Waals surface area contributed by atoms with E-state index in [1.807, 2.05) is 0 Å². The first-order valence-corrected chi connectivity index (χ1v) is 4.75. The molecule has 1 heterocycles. The lowest BCUT2D eigenvalue weighted by Crippen LogP contribution is -2.02. The first-order valence-electron chi connectivity index (χ1n) is 4.75. The summed E-state index contributed by atoms with van der Waals surface area (Å²) in [4.78, 5) is 10.4. The van der Waals surface area contributed by atoms with Gasteiger partial charge >= 0.3 is 5.97 Å². The number of carboxylic acids is 1. The van der Waals surface area contributed by atoms with Gasteiger partial charge in [-0.2, -0.15) is 0 Å². The number of aromatic nitrogens is 3. The molecule has 1 N–H and O–H groups in total. The van der Waals surface area contributed by atoms with Crippen molar-refractivity contribution in [1.29, 1.82) is 0 Å². The Kier molecular flexibility index (Phi) is 3.00. The van der Waals surface area contributed by atoms with Crippen molar-refractivity contribution < 1.29 is 23.1 Å². The van der Waals surface area contributed by atoms with Crippen LogP contribution in [0.4, 0.5) is 13.2 Å². The first kappa shape index (κ1) is 12.1. The van der Waals surface area contributed by atoms with E-state index in [-0.39, 0.29) is 5.69 Å². The molecule has 0 saturated carbocycles. The lowest BCUT2D eigenvalue weighted by Gasteiger charge is -2.02. The van der Waals surface area contributed by atoms with Gasteiger partial charge in [0, 0.05) is 12.1 Å². The van der Waals surface area contributed by atoms with Crippen LogP contribution < -0.4 is 0 Å². The second-order valence-electron chi connectivity index (χ2n) is 3.45. The quantitative estimate of drug-likeness (QED) is 0.842. The molecular weight excluding hydrogens is 251 g/mol. The standard InChI is InChI=1S/C10H6F3N3O2/c11-5-1-7(12)10(13)8(2-5)16-4-6(14-15-16)3-9(17)18/h1-2,4H,3H2,(H,17,18). The Hall–Kier alpha value is -2.38. The molecule has 0 amide bonds. The summed E-state index contributed by atoms with van der Waals surface area (Å²) < 4.78 is 40.1. The molecule has 94 valence electrons. The molecule has 0 aliphatic carbocycles. The van der Waals surface area contributed by atoms with Gasteiger partial charge < -0.3 is 5.11 Å². The van der Waals surface area contributed by atoms with E-state index in [2.05, 4.69) is 10.3 Å². The first-order chi connectivity index (χ1) is 8.47. The summed E-state index contributed by atoms with van der Waals surface area (Å²) in [6.07, 6.45) is 0.671. The van der Waals surface area contributed by atoms with Gasteiger partial charge in [0.1, 0.15) is 11.5 Å². The molecule has 0 aliphatic heterocycles. The van der Waals surface area contributed by atoms with Crippen molar-refractivity contribution in [3.8, 4) is 5.69 Å². The minimum absolute atomic E-state index is 0.0477. The lowest BCUT2D eigenvalue weighted by atomic mass is 10.3. The third-order valence-electron chi connectivity index (χ3n) is 2.09. The van der Waals surface area contributed by atoms with Crippen LogP contribution in [0.5, 0.6) is 0 Å². The van der Waals surface area contributed by atoms with E-state index in [4.69, 9.17) is 5.11 Å². The normalized spacial score (nSPS) is 10.6. The molecule has 2 aromatic rings. The number of aliphatic carboxylic acids is 1. The highest BCUT2D eigenvalue weighted by atomic mass is 19.2. The van der Waals surface area contributed by atoms with Crippen molar-refractivity contribution in [2.24, 2.45) is 0 Å². The van der Waals surface area contributed by atoms with E-state index in [9.17, 15) is 18.0 Å². The van der Waals surface area contributed by atoms with E-state index < -0.39 is 35.5 Å². The van der Waals surface area contributed by atoms with Crippen LogP contribution >= 0.6 is 0 Å². The predicted molar refractivity (Wildman–Crippen MR) is 52.6 cm³/mol. The molecule has 0 aliphatic rings. The van der Waals surface area contributed by atoms with Crippen LogP contribution in [0.15, 0.2) is 18.3 Å². The van der Waals surface area contributed by atoms with Crippen molar-refractivity contribution in [1.82, 2.24) is 15.0 Å². The molecule has 0 saturated heterocycles. The molecule has 8 heteroatoms. The smallest absolute Gasteiger partial charge is 0.309 e. The molecule has 0 atom stereocenters. The zero-order chi connectivity index (χ0) is 13.3. The van der Waals surface area contributed by atoms with Gasteiger partial charge in [-0.05, 0) is 0 Å². The summed E-state index contributed by atoms with van der Waals surface area (Å²) in [5.74, 6) is -4.77. The van der Waals surface area contributed by atoms with Crippen LogP contribution in [0, 0.1) is 17.5 Å². The number of benzene rings is 1. The molecule has 0 spiro atoms. The third-order valence-corrected chi connectivity index (χ3v) is 2.09. The summed E-state index contributed by atoms with van der Waals surface area (Å²) in [6.45, 7) is 0. The number of nitrogens with zero attached hydrogens (tertiary/aromatic N) is 3. The molecule has 1 aromatic heterocycles. The highest BCUT2D eigenvalue weighted by Crippen LogP contribution is 2.17. The molecule has 5 nitrogen and oxygen atoms in total. The van der Waals surface area contributed by atoms with Crippen LogP contribution in [0.2, 0.25) is 0 Å². The Morgan fingerprint density at radius 1 is 1.33 bits per heavy atom. The average Bonchev–Trinajstić information content (AvgIpc) is 2.70. The van der Waals surface area contributed by atoms with E-state index in [0.717, 1.165) is 16.9 Å². The Balaban J connectivity index is 2.43. The fourth-order valence-electron chi connectivity index (χ4n) is 1.36. The minimum Gasteiger partial charge on any atom is -0.481 e. The third kappa shape index (κ3) is 2.31. The second-order valence-corrected chi connectivity index (χ2v) is 3.45. The largest absolute Gasteiger partial charge is 0.481 e. The maximum atomic E-state index is 13.4. The zero-order valence-corrected chi connectivity index (χ0v) is 8.77. The highest BCUT2D eigenvalue weighted by molar-refractivity contribution is 5.69. The van der Waals surface area contributed by atoms with Gasteiger partial charge in [0.25, 0.3) is 0 Å². The number of carbonyl (C=O) groups is 1. The summed E-state index contributed by atoms with van der Waals surface area (Å²) in [5.41, 5.74) is -0.428. The highest BCUT2D eigenvalue weighted by Gasteiger charge is 2.15. The lowest BCUT2D eigenvalue weighted by molar-refractivity contribution is -0.136. The van der Waals surface area contributed by atoms with Crippen molar-refractivity contribution in [2.45, 2.75) is 6.42 Å². The Bertz CT molecular complexity index is 612. The molecule has 1 aromatic carbocycles. The zero-order valence-electron chi connectivity index (χ0n) is 8.77. The van der Waals surface area contributed by atoms with Gasteiger partial charge in [0.05, 0.1) is 18.3 Å². The van der Waals surface area contributed by atoms with Crippen LogP contribution in [0.1, 0.15) is 5.69 Å². The molecular formula is C10H6F3N3O2. The molecule has 0 unspecified atom stereocenters. The SMILES string of the molecule is O=C(O)Cc1cn(-c2cc(F)cc(F)c2F)nn1. The predicted octanol–water partition coefficient (Wildman–Crippen LogP) is 1.31. The number of rotatable bonds is 3. The van der Waals surface area contributed by atoms with Gasteiger partial charge in [0.2, 0.25) is 0 Å². The maximum absolute atomic E-state index is 13.4. The van der Waals surface area contributed by atoms with Gasteiger partial charge in [0.15, 0.2) is 11.6 Å². The van der Waals surface area contributed by atoms with E-state index in [1.165, 1.54) is 0 Å². The van der Waals surface area contributed by atoms with Gasteiger partial charge in [-0.25, -0.2) is 17.9 Å². The van der Waals surface area contributed by atoms with E-state index in [1.54, 1.807) is 0 Å². The van der Waals surface area contributed by atoms with Crippen LogP contribution in [0.3, 0.4) is 0 Å². The van der Waals surface area contributed by atoms with Gasteiger partial charge in [-0.15, -0.1) is 5.10 Å². The van der Waals surface area contributed by atoms with Crippen LogP contribution in [0.25, 0.3) is 5.69 Å². The van der Waals surface area contributed by atoms with Crippen LogP contribution in [-0.4, -0.2) is 26.1 Å². The number of carboxylic acid groups (broad SMARTS) is 1. The Morgan fingerprint density at radius 2 is 2.06 bits per heavy atom. The molecule has 0 bridgehead atoms. The van der Waals surface area contributed by atoms with Crippen molar-refractivity contribution >= 4 is 5.97 Å². The topological polar surface area (TPSA) is 68.0 Å². The van der Waals surface area contributed by atoms with E-state index >= 15 is 0 Å². The van der Waals surface area contributed by atoms with Crippen LogP contribution in [-0.2, 0) is 11.2 Å². The summed E-state index contributed by atoms with van der Waals surface area (Å²) in [7, 11) is 0. The monoisotopic (exact) mass is 257 g/mol. The van der Waals surface area contributed by atoms with Crippen molar-refractivity contribution in [3.63, 3.8) is 0 Å². The number of hydrogen-bond donors (Lipinski definition) is 1.